The van der Waals surface area contributed by atoms with Crippen LogP contribution in [-0.2, 0) is 21.2 Å². The van der Waals surface area contributed by atoms with Crippen LogP contribution in [0, 0.1) is 0 Å². The first-order chi connectivity index (χ1) is 18.0. The Kier molecular flexibility index (Phi) is 7.94. The molecular formula is C30H31N3O4S. The number of benzene rings is 4. The van der Waals surface area contributed by atoms with Crippen LogP contribution in [0.25, 0.3) is 10.8 Å². The Morgan fingerprint density at radius 2 is 1.37 bits per heavy atom. The lowest BCUT2D eigenvalue weighted by Crippen LogP contribution is -2.45. The third kappa shape index (κ3) is 6.65. The standard InChI is InChI=1S/C30H31N3O4S/c1-30(2,3)33-38(36,37)27-19-11-16-23-24(27)17-10-18-25(23)31-29(35)26(20-21-12-6-4-7-13-21)32-28(34)22-14-8-5-9-15-22/h4-19,26,33H,20H2,1-3H3,(H,31,35)(H,32,34). The van der Waals surface area contributed by atoms with Crippen LogP contribution in [0.15, 0.2) is 102 Å². The van der Waals surface area contributed by atoms with Gasteiger partial charge in [-0.1, -0.05) is 72.8 Å². The summed E-state index contributed by atoms with van der Waals surface area (Å²) in [5.74, 6) is -0.770. The molecule has 4 aromatic carbocycles. The fourth-order valence-electron chi connectivity index (χ4n) is 4.19. The minimum absolute atomic E-state index is 0.124. The van der Waals surface area contributed by atoms with E-state index in [1.165, 1.54) is 0 Å². The van der Waals surface area contributed by atoms with Gasteiger partial charge in [-0.15, -0.1) is 0 Å². The van der Waals surface area contributed by atoms with E-state index in [2.05, 4.69) is 15.4 Å². The van der Waals surface area contributed by atoms with Crippen LogP contribution in [0.3, 0.4) is 0 Å². The van der Waals surface area contributed by atoms with Crippen molar-refractivity contribution in [1.82, 2.24) is 10.0 Å². The SMILES string of the molecule is CC(C)(C)NS(=O)(=O)c1cccc2c(NC(=O)C(Cc3ccccc3)NC(=O)c3ccccc3)cccc12. The van der Waals surface area contributed by atoms with Gasteiger partial charge in [-0.05, 0) is 50.6 Å². The summed E-state index contributed by atoms with van der Waals surface area (Å²) in [5.41, 5.74) is 1.13. The molecule has 0 heterocycles. The molecule has 8 heteroatoms. The molecule has 0 aliphatic carbocycles. The number of hydrogen-bond acceptors (Lipinski definition) is 4. The van der Waals surface area contributed by atoms with E-state index in [0.717, 1.165) is 5.56 Å². The van der Waals surface area contributed by atoms with Crippen molar-refractivity contribution < 1.29 is 18.0 Å². The first-order valence-electron chi connectivity index (χ1n) is 12.3. The number of carbonyl (C=O) groups excluding carboxylic acids is 2. The lowest BCUT2D eigenvalue weighted by atomic mass is 10.0. The molecule has 196 valence electrons. The number of carbonyl (C=O) groups is 2. The fraction of sp³-hybridized carbons (Fsp3) is 0.200. The minimum atomic E-state index is -3.81. The maximum Gasteiger partial charge on any atom is 0.251 e. The molecular weight excluding hydrogens is 498 g/mol. The van der Waals surface area contributed by atoms with Crippen molar-refractivity contribution in [3.05, 3.63) is 108 Å². The van der Waals surface area contributed by atoms with Crippen LogP contribution < -0.4 is 15.4 Å². The minimum Gasteiger partial charge on any atom is -0.340 e. The van der Waals surface area contributed by atoms with Crippen LogP contribution in [0.5, 0.6) is 0 Å². The van der Waals surface area contributed by atoms with Gasteiger partial charge in [0.1, 0.15) is 6.04 Å². The number of rotatable bonds is 8. The molecule has 0 aromatic heterocycles. The number of fused-ring (bicyclic) bond motifs is 1. The van der Waals surface area contributed by atoms with E-state index in [-0.39, 0.29) is 17.2 Å². The molecule has 0 fully saturated rings. The lowest BCUT2D eigenvalue weighted by Gasteiger charge is -2.22. The molecule has 0 radical (unpaired) electrons. The Bertz CT molecular complexity index is 1550. The van der Waals surface area contributed by atoms with E-state index in [1.54, 1.807) is 81.4 Å². The second-order valence-electron chi connectivity index (χ2n) is 10.1. The van der Waals surface area contributed by atoms with E-state index < -0.39 is 27.5 Å². The van der Waals surface area contributed by atoms with Gasteiger partial charge < -0.3 is 10.6 Å². The van der Waals surface area contributed by atoms with Gasteiger partial charge in [0, 0.05) is 34.0 Å². The second-order valence-corrected chi connectivity index (χ2v) is 11.7. The van der Waals surface area contributed by atoms with Gasteiger partial charge in [0.2, 0.25) is 15.9 Å². The van der Waals surface area contributed by atoms with Crippen molar-refractivity contribution in [3.63, 3.8) is 0 Å². The first kappa shape index (κ1) is 27.0. The van der Waals surface area contributed by atoms with Gasteiger partial charge in [-0.2, -0.15) is 0 Å². The monoisotopic (exact) mass is 529 g/mol. The van der Waals surface area contributed by atoms with Crippen molar-refractivity contribution in [2.24, 2.45) is 0 Å². The van der Waals surface area contributed by atoms with Crippen LogP contribution in [0.4, 0.5) is 5.69 Å². The summed E-state index contributed by atoms with van der Waals surface area (Å²) in [6.45, 7) is 5.33. The zero-order valence-corrected chi connectivity index (χ0v) is 22.4. The maximum absolute atomic E-state index is 13.5. The predicted octanol–water partition coefficient (Wildman–Crippen LogP) is 4.90. The van der Waals surface area contributed by atoms with Crippen molar-refractivity contribution in [3.8, 4) is 0 Å². The highest BCUT2D eigenvalue weighted by Gasteiger charge is 2.26. The van der Waals surface area contributed by atoms with E-state index in [9.17, 15) is 18.0 Å². The molecule has 0 bridgehead atoms. The highest BCUT2D eigenvalue weighted by Crippen LogP contribution is 2.29. The summed E-state index contributed by atoms with van der Waals surface area (Å²) < 4.78 is 28.9. The molecule has 1 unspecified atom stereocenters. The van der Waals surface area contributed by atoms with E-state index in [4.69, 9.17) is 0 Å². The van der Waals surface area contributed by atoms with Crippen LogP contribution >= 0.6 is 0 Å². The van der Waals surface area contributed by atoms with Crippen molar-refractivity contribution in [2.75, 3.05) is 5.32 Å². The highest BCUT2D eigenvalue weighted by atomic mass is 32.2. The van der Waals surface area contributed by atoms with Gasteiger partial charge in [0.25, 0.3) is 5.91 Å². The molecule has 3 N–H and O–H groups in total. The molecule has 0 saturated carbocycles. The van der Waals surface area contributed by atoms with Gasteiger partial charge in [0.05, 0.1) is 4.90 Å². The van der Waals surface area contributed by atoms with Gasteiger partial charge in [0.15, 0.2) is 0 Å². The molecule has 4 aromatic rings. The van der Waals surface area contributed by atoms with E-state index >= 15 is 0 Å². The fourth-order valence-corrected chi connectivity index (χ4v) is 5.83. The van der Waals surface area contributed by atoms with Crippen molar-refractivity contribution in [2.45, 2.75) is 43.7 Å². The molecule has 2 amide bonds. The smallest absolute Gasteiger partial charge is 0.251 e. The number of hydrogen-bond donors (Lipinski definition) is 3. The maximum atomic E-state index is 13.5. The van der Waals surface area contributed by atoms with Gasteiger partial charge >= 0.3 is 0 Å². The molecule has 38 heavy (non-hydrogen) atoms. The molecule has 7 nitrogen and oxygen atoms in total. The largest absolute Gasteiger partial charge is 0.340 e. The average molecular weight is 530 g/mol. The van der Waals surface area contributed by atoms with Crippen molar-refractivity contribution in [1.29, 1.82) is 0 Å². The van der Waals surface area contributed by atoms with E-state index in [0.29, 0.717) is 22.0 Å². The Morgan fingerprint density at radius 3 is 2.03 bits per heavy atom. The summed E-state index contributed by atoms with van der Waals surface area (Å²) in [5, 5.41) is 6.83. The molecule has 1 atom stereocenters. The number of nitrogens with one attached hydrogen (secondary N) is 3. The van der Waals surface area contributed by atoms with E-state index in [1.807, 2.05) is 36.4 Å². The number of amides is 2. The third-order valence-electron chi connectivity index (χ3n) is 5.81. The van der Waals surface area contributed by atoms with Gasteiger partial charge in [-0.25, -0.2) is 13.1 Å². The zero-order chi connectivity index (χ0) is 27.3. The summed E-state index contributed by atoms with van der Waals surface area (Å²) in [6, 6.07) is 27.3. The summed E-state index contributed by atoms with van der Waals surface area (Å²) in [6.07, 6.45) is 0.283. The summed E-state index contributed by atoms with van der Waals surface area (Å²) in [4.78, 5) is 26.6. The number of sulfonamides is 1. The highest BCUT2D eigenvalue weighted by molar-refractivity contribution is 7.89. The Labute approximate surface area is 223 Å². The molecule has 0 aliphatic rings. The zero-order valence-electron chi connectivity index (χ0n) is 21.6. The Hall–Kier alpha value is -4.01. The second kappa shape index (κ2) is 11.2. The van der Waals surface area contributed by atoms with Crippen LogP contribution in [0.2, 0.25) is 0 Å². The van der Waals surface area contributed by atoms with Crippen molar-refractivity contribution >= 4 is 38.3 Å². The lowest BCUT2D eigenvalue weighted by molar-refractivity contribution is -0.118. The Morgan fingerprint density at radius 1 is 0.763 bits per heavy atom. The van der Waals surface area contributed by atoms with Gasteiger partial charge in [-0.3, -0.25) is 9.59 Å². The normalized spacial score (nSPS) is 12.6. The van der Waals surface area contributed by atoms with Crippen LogP contribution in [-0.4, -0.2) is 31.8 Å². The molecule has 4 rings (SSSR count). The Balaban J connectivity index is 1.66. The first-order valence-corrected chi connectivity index (χ1v) is 13.8. The molecule has 0 aliphatic heterocycles. The average Bonchev–Trinajstić information content (AvgIpc) is 2.88. The molecule has 0 saturated heterocycles. The third-order valence-corrected chi connectivity index (χ3v) is 7.63. The molecule has 0 spiro atoms. The number of anilines is 1. The predicted molar refractivity (Wildman–Crippen MR) is 150 cm³/mol. The topological polar surface area (TPSA) is 104 Å². The van der Waals surface area contributed by atoms with Crippen LogP contribution in [0.1, 0.15) is 36.7 Å². The quantitative estimate of drug-likeness (QED) is 0.302. The summed E-state index contributed by atoms with van der Waals surface area (Å²) in [7, 11) is -3.81. The summed E-state index contributed by atoms with van der Waals surface area (Å²) >= 11 is 0.